The molecule has 0 saturated carbocycles. The van der Waals surface area contributed by atoms with Crippen molar-refractivity contribution < 1.29 is 4.79 Å². The van der Waals surface area contributed by atoms with E-state index in [1.165, 1.54) is 6.16 Å². The quantitative estimate of drug-likeness (QED) is 0.458. The number of carbonyl (C=O) groups excluding carboxylic acids is 1. The Morgan fingerprint density at radius 1 is 1.50 bits per heavy atom. The minimum Gasteiger partial charge on any atom is -0.299 e. The number of hydrogen-bond donors (Lipinski definition) is 0. The van der Waals surface area contributed by atoms with Crippen LogP contribution >= 0.6 is 8.58 Å². The third kappa shape index (κ3) is 3.15. The molecule has 1 rings (SSSR count). The number of rotatable bonds is 0. The van der Waals surface area contributed by atoms with Crippen LogP contribution in [0, 0.1) is 0 Å². The molecule has 0 radical (unpaired) electrons. The highest BCUT2D eigenvalue weighted by molar-refractivity contribution is 7.40. The fourth-order valence-electron chi connectivity index (χ4n) is 0.544. The molecule has 1 aliphatic rings. The van der Waals surface area contributed by atoms with Crippen LogP contribution in [0.15, 0.2) is 0 Å². The van der Waals surface area contributed by atoms with E-state index in [1.54, 1.807) is 0 Å². The van der Waals surface area contributed by atoms with Gasteiger partial charge in [0.15, 0.2) is 0 Å². The Labute approximate surface area is 52.6 Å². The Kier molecular flexibility index (Phi) is 5.31. The van der Waals surface area contributed by atoms with E-state index in [-0.39, 0.29) is 0 Å². The summed E-state index contributed by atoms with van der Waals surface area (Å²) in [5.41, 5.74) is 0. The summed E-state index contributed by atoms with van der Waals surface area (Å²) in [5, 5.41) is 0. The Morgan fingerprint density at radius 2 is 2.12 bits per heavy atom. The van der Waals surface area contributed by atoms with E-state index in [0.29, 0.717) is 5.78 Å². The molecule has 1 heterocycles. The Hall–Kier alpha value is 0.100. The molecule has 0 aromatic heterocycles. The van der Waals surface area contributed by atoms with Gasteiger partial charge in [-0.05, 0) is 6.16 Å². The minimum atomic E-state index is 0.466. The van der Waals surface area contributed by atoms with Crippen LogP contribution in [-0.2, 0) is 4.79 Å². The average molecular weight is 132 g/mol. The molecule has 0 aromatic carbocycles. The monoisotopic (exact) mass is 132 g/mol. The van der Waals surface area contributed by atoms with E-state index in [4.69, 9.17) is 0 Å². The van der Waals surface area contributed by atoms with Crippen LogP contribution in [0.25, 0.3) is 0 Å². The van der Waals surface area contributed by atoms with Crippen LogP contribution in [0.4, 0.5) is 0 Å². The van der Waals surface area contributed by atoms with Crippen molar-refractivity contribution in [3.63, 3.8) is 0 Å². The Balaban J connectivity index is 0.000000222. The first-order valence-electron chi connectivity index (χ1n) is 3.12. The number of hydrogen-bond acceptors (Lipinski definition) is 1. The van der Waals surface area contributed by atoms with Crippen LogP contribution in [-0.4, -0.2) is 18.1 Å². The van der Waals surface area contributed by atoms with Gasteiger partial charge >= 0.3 is 0 Å². The first kappa shape index (κ1) is 8.10. The number of carbonyl (C=O) groups is 1. The zero-order valence-corrected chi connectivity index (χ0v) is 6.53. The highest BCUT2D eigenvalue weighted by Crippen LogP contribution is 2.19. The molecule has 1 fully saturated rings. The van der Waals surface area contributed by atoms with E-state index < -0.39 is 0 Å². The van der Waals surface area contributed by atoms with Gasteiger partial charge in [0, 0.05) is 12.6 Å². The summed E-state index contributed by atoms with van der Waals surface area (Å²) >= 11 is 0. The molecule has 1 nitrogen and oxygen atoms in total. The molecule has 1 aliphatic heterocycles. The first-order valence-corrected chi connectivity index (χ1v) is 4.53. The normalized spacial score (nSPS) is 20.5. The van der Waals surface area contributed by atoms with Crippen LogP contribution in [0.1, 0.15) is 20.3 Å². The molecule has 0 aliphatic carbocycles. The zero-order valence-electron chi connectivity index (χ0n) is 5.53. The van der Waals surface area contributed by atoms with E-state index >= 15 is 0 Å². The highest BCUT2D eigenvalue weighted by Gasteiger charge is 2.07. The fourth-order valence-corrected chi connectivity index (χ4v) is 1.63. The van der Waals surface area contributed by atoms with Gasteiger partial charge in [0.2, 0.25) is 0 Å². The molecule has 0 aromatic rings. The number of Topliss-reactive ketones (excluding diaryl/α,β-unsaturated/α-hetero) is 1. The first-order chi connectivity index (χ1) is 3.89. The Bertz CT molecular complexity index is 62.9. The number of ketones is 1. The average Bonchev–Trinajstić information content (AvgIpc) is 2.24. The topological polar surface area (TPSA) is 17.1 Å². The summed E-state index contributed by atoms with van der Waals surface area (Å²) in [4.78, 5) is 10.2. The van der Waals surface area contributed by atoms with Crippen molar-refractivity contribution in [1.82, 2.24) is 0 Å². The van der Waals surface area contributed by atoms with Crippen LogP contribution < -0.4 is 0 Å². The smallest absolute Gasteiger partial charge is 0.137 e. The van der Waals surface area contributed by atoms with Gasteiger partial charge in [-0.25, -0.2) is 0 Å². The van der Waals surface area contributed by atoms with Gasteiger partial charge in [-0.2, -0.15) is 0 Å². The van der Waals surface area contributed by atoms with Gasteiger partial charge in [0.05, 0.1) is 0 Å². The van der Waals surface area contributed by atoms with Gasteiger partial charge in [-0.1, -0.05) is 13.8 Å². The van der Waals surface area contributed by atoms with Crippen molar-refractivity contribution in [2.75, 3.05) is 12.3 Å². The van der Waals surface area contributed by atoms with Gasteiger partial charge < -0.3 is 0 Å². The molecule has 48 valence electrons. The summed E-state index contributed by atoms with van der Waals surface area (Å²) in [6.07, 6.45) is 2.90. The second-order valence-corrected chi connectivity index (χ2v) is 2.82. The third-order valence-electron chi connectivity index (χ3n) is 0.903. The summed E-state index contributed by atoms with van der Waals surface area (Å²) in [5.74, 6) is 0.466. The highest BCUT2D eigenvalue weighted by atomic mass is 31.1. The van der Waals surface area contributed by atoms with Crippen molar-refractivity contribution in [3.05, 3.63) is 0 Å². The predicted octanol–water partition coefficient (Wildman–Crippen LogP) is 1.66. The summed E-state index contributed by atoms with van der Waals surface area (Å²) < 4.78 is 0. The molecule has 0 bridgehead atoms. The lowest BCUT2D eigenvalue weighted by Crippen LogP contribution is -1.88. The van der Waals surface area contributed by atoms with Crippen LogP contribution in [0.3, 0.4) is 0 Å². The lowest BCUT2D eigenvalue weighted by molar-refractivity contribution is -0.115. The summed E-state index contributed by atoms with van der Waals surface area (Å²) in [6, 6.07) is 0. The maximum atomic E-state index is 10.2. The molecule has 8 heavy (non-hydrogen) atoms. The van der Waals surface area contributed by atoms with Crippen LogP contribution in [0.2, 0.25) is 0 Å². The SMILES string of the molecule is CC.O=C1CCPC1. The second kappa shape index (κ2) is 5.24. The van der Waals surface area contributed by atoms with E-state index in [1.807, 2.05) is 13.8 Å². The molecule has 2 heteroatoms. The van der Waals surface area contributed by atoms with Gasteiger partial charge in [-0.15, -0.1) is 8.58 Å². The standard InChI is InChI=1S/C4H7OP.C2H6/c5-4-1-2-6-3-4;1-2/h6H,1-3H2;1-2H3. The molecule has 1 saturated heterocycles. The van der Waals surface area contributed by atoms with Crippen molar-refractivity contribution >= 4 is 14.4 Å². The van der Waals surface area contributed by atoms with Gasteiger partial charge in [0.25, 0.3) is 0 Å². The van der Waals surface area contributed by atoms with E-state index in [2.05, 4.69) is 0 Å². The lowest BCUT2D eigenvalue weighted by Gasteiger charge is -1.71. The van der Waals surface area contributed by atoms with Crippen molar-refractivity contribution in [2.24, 2.45) is 0 Å². The van der Waals surface area contributed by atoms with Gasteiger partial charge in [-0.3, -0.25) is 4.79 Å². The molecule has 1 atom stereocenters. The van der Waals surface area contributed by atoms with Crippen molar-refractivity contribution in [2.45, 2.75) is 20.3 Å². The largest absolute Gasteiger partial charge is 0.299 e. The van der Waals surface area contributed by atoms with Crippen molar-refractivity contribution in [1.29, 1.82) is 0 Å². The molecular formula is C6H13OP. The second-order valence-electron chi connectivity index (χ2n) is 1.47. The van der Waals surface area contributed by atoms with Crippen molar-refractivity contribution in [3.8, 4) is 0 Å². The summed E-state index contributed by atoms with van der Waals surface area (Å²) in [7, 11) is 0.939. The zero-order chi connectivity index (χ0) is 6.41. The fraction of sp³-hybridized carbons (Fsp3) is 0.833. The predicted molar refractivity (Wildman–Crippen MR) is 39.0 cm³/mol. The molecule has 1 unspecified atom stereocenters. The Morgan fingerprint density at radius 3 is 2.25 bits per heavy atom. The lowest BCUT2D eigenvalue weighted by atomic mass is 10.4. The third-order valence-corrected chi connectivity index (χ3v) is 2.15. The maximum Gasteiger partial charge on any atom is 0.137 e. The maximum absolute atomic E-state index is 10.2. The van der Waals surface area contributed by atoms with E-state index in [9.17, 15) is 4.79 Å². The summed E-state index contributed by atoms with van der Waals surface area (Å²) in [6.45, 7) is 4.00. The molecular weight excluding hydrogens is 119 g/mol. The van der Waals surface area contributed by atoms with Gasteiger partial charge in [0.1, 0.15) is 5.78 Å². The molecule has 0 spiro atoms. The van der Waals surface area contributed by atoms with Crippen LogP contribution in [0.5, 0.6) is 0 Å². The minimum absolute atomic E-state index is 0.466. The molecule has 0 N–H and O–H groups in total. The van der Waals surface area contributed by atoms with E-state index in [0.717, 1.165) is 21.2 Å². The molecule has 0 amide bonds.